The minimum Gasteiger partial charge on any atom is -0.369 e. The van der Waals surface area contributed by atoms with Gasteiger partial charge in [-0.25, -0.2) is 8.42 Å². The number of aromatic amines is 1. The summed E-state index contributed by atoms with van der Waals surface area (Å²) in [5.74, 6) is -0.740. The van der Waals surface area contributed by atoms with Crippen molar-refractivity contribution in [3.8, 4) is 0 Å². The van der Waals surface area contributed by atoms with Gasteiger partial charge >= 0.3 is 4.87 Å². The van der Waals surface area contributed by atoms with E-state index >= 15 is 0 Å². The number of aryl methyl sites for hydroxylation is 1. The summed E-state index contributed by atoms with van der Waals surface area (Å²) in [7, 11) is -3.84. The molecule has 1 aromatic rings. The summed E-state index contributed by atoms with van der Waals surface area (Å²) in [6.07, 6.45) is 0. The van der Waals surface area contributed by atoms with Crippen molar-refractivity contribution in [1.82, 2.24) is 9.29 Å². The monoisotopic (exact) mass is 279 g/mol. The molecule has 0 radical (unpaired) electrons. The zero-order chi connectivity index (χ0) is 13.2. The number of carbonyl (C=O) groups is 1. The van der Waals surface area contributed by atoms with Crippen molar-refractivity contribution in [1.29, 1.82) is 0 Å². The van der Waals surface area contributed by atoms with Gasteiger partial charge in [0.15, 0.2) is 4.21 Å². The maximum absolute atomic E-state index is 12.1. The molecule has 0 unspecified atom stereocenters. The predicted molar refractivity (Wildman–Crippen MR) is 63.3 cm³/mol. The quantitative estimate of drug-likeness (QED) is 0.737. The molecule has 1 amide bonds. The number of primary amides is 1. The van der Waals surface area contributed by atoms with Crippen LogP contribution in [0.15, 0.2) is 9.00 Å². The van der Waals surface area contributed by atoms with Gasteiger partial charge in [-0.15, -0.1) is 0 Å². The Morgan fingerprint density at radius 3 is 2.47 bits per heavy atom. The summed E-state index contributed by atoms with van der Waals surface area (Å²) in [6.45, 7) is 2.79. The maximum atomic E-state index is 12.1. The van der Waals surface area contributed by atoms with Gasteiger partial charge in [0.05, 0.1) is 6.54 Å². The molecule has 0 saturated heterocycles. The lowest BCUT2D eigenvalue weighted by Crippen LogP contribution is -2.38. The molecule has 0 spiro atoms. The lowest BCUT2D eigenvalue weighted by atomic mass is 10.6. The Hall–Kier alpha value is -1.19. The zero-order valence-corrected chi connectivity index (χ0v) is 11.0. The van der Waals surface area contributed by atoms with E-state index in [0.717, 1.165) is 4.31 Å². The largest absolute Gasteiger partial charge is 0.369 e. The van der Waals surface area contributed by atoms with E-state index in [0.29, 0.717) is 11.3 Å². The Labute approximate surface area is 102 Å². The first kappa shape index (κ1) is 13.9. The lowest BCUT2D eigenvalue weighted by molar-refractivity contribution is -0.118. The summed E-state index contributed by atoms with van der Waals surface area (Å²) in [4.78, 5) is 23.8. The number of hydrogen-bond donors (Lipinski definition) is 2. The van der Waals surface area contributed by atoms with Crippen molar-refractivity contribution in [3.63, 3.8) is 0 Å². The van der Waals surface area contributed by atoms with Crippen LogP contribution in [0.3, 0.4) is 0 Å². The van der Waals surface area contributed by atoms with Gasteiger partial charge in [0.1, 0.15) is 0 Å². The molecule has 96 valence electrons. The fraction of sp³-hybridized carbons (Fsp3) is 0.500. The Bertz CT molecular complexity index is 572. The molecule has 0 aliphatic rings. The first-order chi connectivity index (χ1) is 7.78. The second kappa shape index (κ2) is 4.98. The number of nitrogens with zero attached hydrogens (tertiary/aromatic N) is 1. The molecule has 1 rings (SSSR count). The van der Waals surface area contributed by atoms with Crippen LogP contribution in [0.1, 0.15) is 12.6 Å². The van der Waals surface area contributed by atoms with E-state index in [4.69, 9.17) is 5.73 Å². The van der Waals surface area contributed by atoms with Crippen LogP contribution in [0.2, 0.25) is 0 Å². The van der Waals surface area contributed by atoms with Crippen molar-refractivity contribution in [3.05, 3.63) is 15.4 Å². The van der Waals surface area contributed by atoms with Crippen LogP contribution in [0.5, 0.6) is 0 Å². The third kappa shape index (κ3) is 2.93. The van der Waals surface area contributed by atoms with Gasteiger partial charge in [0.25, 0.3) is 10.0 Å². The summed E-state index contributed by atoms with van der Waals surface area (Å²) >= 11 is 0.599. The zero-order valence-electron chi connectivity index (χ0n) is 9.39. The molecule has 0 aliphatic heterocycles. The number of sulfonamides is 1. The highest BCUT2D eigenvalue weighted by molar-refractivity contribution is 7.91. The van der Waals surface area contributed by atoms with Crippen molar-refractivity contribution < 1.29 is 13.2 Å². The number of likely N-dealkylation sites (N-methyl/N-ethyl adjacent to an activating group) is 1. The minimum absolute atomic E-state index is 0.0781. The Kier molecular flexibility index (Phi) is 4.07. The van der Waals surface area contributed by atoms with Crippen LogP contribution in [0.4, 0.5) is 0 Å². The number of hydrogen-bond acceptors (Lipinski definition) is 5. The standard InChI is InChI=1S/C8H13N3O4S2/c1-3-11(4-6(9)12)17(14,15)7-5(2)10-8(13)16-7/h3-4H2,1-2H3,(H2,9,12)(H,10,13). The molecule has 0 aliphatic carbocycles. The van der Waals surface area contributed by atoms with Crippen molar-refractivity contribution in [2.24, 2.45) is 5.73 Å². The number of aromatic nitrogens is 1. The van der Waals surface area contributed by atoms with Crippen LogP contribution in [-0.2, 0) is 14.8 Å². The summed E-state index contributed by atoms with van der Waals surface area (Å²) < 4.78 is 25.1. The van der Waals surface area contributed by atoms with Crippen molar-refractivity contribution in [2.75, 3.05) is 13.1 Å². The van der Waals surface area contributed by atoms with Crippen LogP contribution in [0.25, 0.3) is 0 Å². The molecule has 0 aromatic carbocycles. The minimum atomic E-state index is -3.84. The Morgan fingerprint density at radius 1 is 1.53 bits per heavy atom. The Morgan fingerprint density at radius 2 is 2.12 bits per heavy atom. The first-order valence-corrected chi connectivity index (χ1v) is 7.02. The number of nitrogens with one attached hydrogen (secondary N) is 1. The van der Waals surface area contributed by atoms with E-state index < -0.39 is 27.3 Å². The highest BCUT2D eigenvalue weighted by atomic mass is 32.2. The molecule has 0 fully saturated rings. The number of amides is 1. The molecule has 1 heterocycles. The lowest BCUT2D eigenvalue weighted by Gasteiger charge is -2.17. The third-order valence-corrected chi connectivity index (χ3v) is 5.54. The highest BCUT2D eigenvalue weighted by Gasteiger charge is 2.28. The molecule has 3 N–H and O–H groups in total. The molecule has 7 nitrogen and oxygen atoms in total. The van der Waals surface area contributed by atoms with Crippen LogP contribution >= 0.6 is 11.3 Å². The smallest absolute Gasteiger partial charge is 0.305 e. The fourth-order valence-corrected chi connectivity index (χ4v) is 4.15. The van der Waals surface area contributed by atoms with Crippen LogP contribution < -0.4 is 10.6 Å². The number of carbonyl (C=O) groups excluding carboxylic acids is 1. The maximum Gasteiger partial charge on any atom is 0.305 e. The molecule has 9 heteroatoms. The molecule has 17 heavy (non-hydrogen) atoms. The van der Waals surface area contributed by atoms with Gasteiger partial charge in [-0.3, -0.25) is 9.59 Å². The van der Waals surface area contributed by atoms with E-state index in [9.17, 15) is 18.0 Å². The summed E-state index contributed by atoms with van der Waals surface area (Å²) in [5.41, 5.74) is 5.24. The van der Waals surface area contributed by atoms with E-state index in [1.54, 1.807) is 6.92 Å². The van der Waals surface area contributed by atoms with Gasteiger partial charge < -0.3 is 10.7 Å². The molecule has 0 bridgehead atoms. The number of H-pyrrole nitrogens is 1. The summed E-state index contributed by atoms with van der Waals surface area (Å²) in [5, 5.41) is 0. The predicted octanol–water partition coefficient (Wildman–Crippen LogP) is -0.759. The SMILES string of the molecule is CCN(CC(N)=O)S(=O)(=O)c1sc(=O)[nH]c1C. The fourth-order valence-electron chi connectivity index (χ4n) is 1.29. The molecular weight excluding hydrogens is 266 g/mol. The topological polar surface area (TPSA) is 113 Å². The van der Waals surface area contributed by atoms with Crippen LogP contribution in [0, 0.1) is 6.92 Å². The van der Waals surface area contributed by atoms with E-state index in [1.165, 1.54) is 6.92 Å². The van der Waals surface area contributed by atoms with Crippen molar-refractivity contribution >= 4 is 27.3 Å². The van der Waals surface area contributed by atoms with Gasteiger partial charge in [-0.2, -0.15) is 4.31 Å². The summed E-state index contributed by atoms with van der Waals surface area (Å²) in [6, 6.07) is 0. The van der Waals surface area contributed by atoms with Gasteiger partial charge in [-0.05, 0) is 6.92 Å². The van der Waals surface area contributed by atoms with Gasteiger partial charge in [-0.1, -0.05) is 18.3 Å². The molecular formula is C8H13N3O4S2. The van der Waals surface area contributed by atoms with Crippen molar-refractivity contribution in [2.45, 2.75) is 18.1 Å². The third-order valence-electron chi connectivity index (χ3n) is 2.04. The second-order valence-corrected chi connectivity index (χ2v) is 6.44. The van der Waals surface area contributed by atoms with E-state index in [-0.39, 0.29) is 16.4 Å². The van der Waals surface area contributed by atoms with E-state index in [1.807, 2.05) is 0 Å². The normalized spacial score (nSPS) is 11.9. The average molecular weight is 279 g/mol. The molecule has 1 aromatic heterocycles. The number of rotatable bonds is 5. The second-order valence-electron chi connectivity index (χ2n) is 3.32. The van der Waals surface area contributed by atoms with E-state index in [2.05, 4.69) is 4.98 Å². The Balaban J connectivity index is 3.22. The highest BCUT2D eigenvalue weighted by Crippen LogP contribution is 2.20. The van der Waals surface area contributed by atoms with Crippen LogP contribution in [-0.4, -0.2) is 36.7 Å². The number of thiazole rings is 1. The van der Waals surface area contributed by atoms with Gasteiger partial charge in [0, 0.05) is 12.2 Å². The molecule has 0 saturated carbocycles. The first-order valence-electron chi connectivity index (χ1n) is 4.77. The molecule has 0 atom stereocenters. The average Bonchev–Trinajstić information content (AvgIpc) is 2.54. The van der Waals surface area contributed by atoms with Gasteiger partial charge in [0.2, 0.25) is 5.91 Å². The number of nitrogens with two attached hydrogens (primary N) is 1.